The van der Waals surface area contributed by atoms with Crippen LogP contribution in [0.1, 0.15) is 13.3 Å². The Morgan fingerprint density at radius 3 is 2.29 bits per heavy atom. The number of halogens is 1. The summed E-state index contributed by atoms with van der Waals surface area (Å²) in [5, 5.41) is 8.95. The minimum atomic E-state index is -0.962. The molecule has 0 heterocycles. The molecule has 0 unspecified atom stereocenters. The normalized spacial score (nSPS) is 10.8. The first-order valence-corrected chi connectivity index (χ1v) is 9.02. The van der Waals surface area contributed by atoms with Gasteiger partial charge in [0.15, 0.2) is 0 Å². The van der Waals surface area contributed by atoms with Gasteiger partial charge in [0.25, 0.3) is 0 Å². The largest absolute Gasteiger partial charge is 0.495 e. The summed E-state index contributed by atoms with van der Waals surface area (Å²) in [6, 6.07) is 13.9. The summed E-state index contributed by atoms with van der Waals surface area (Å²) in [5.41, 5.74) is 3.45. The Morgan fingerprint density at radius 1 is 0.964 bits per heavy atom. The van der Waals surface area contributed by atoms with Gasteiger partial charge in [0.1, 0.15) is 5.75 Å². The van der Waals surface area contributed by atoms with Gasteiger partial charge in [0.05, 0.1) is 24.9 Å². The number of para-hydroxylation sites is 3. The van der Waals surface area contributed by atoms with Gasteiger partial charge in [0.2, 0.25) is 5.91 Å². The zero-order valence-electron chi connectivity index (χ0n) is 15.3. The number of carbonyl (C=O) groups excluding carboxylic acids is 3. The van der Waals surface area contributed by atoms with Crippen LogP contribution >= 0.6 is 15.9 Å². The maximum absolute atomic E-state index is 12.0. The van der Waals surface area contributed by atoms with E-state index in [-0.39, 0.29) is 12.3 Å². The fourth-order valence-electron chi connectivity index (χ4n) is 2.15. The predicted octanol–water partition coefficient (Wildman–Crippen LogP) is 2.92. The predicted molar refractivity (Wildman–Crippen MR) is 110 cm³/mol. The summed E-state index contributed by atoms with van der Waals surface area (Å²) in [4.78, 5) is 35.9. The lowest BCUT2D eigenvalue weighted by Gasteiger charge is -2.09. The molecule has 0 spiro atoms. The van der Waals surface area contributed by atoms with E-state index in [4.69, 9.17) is 4.74 Å². The molecule has 0 aromatic heterocycles. The second-order valence-corrected chi connectivity index (χ2v) is 6.50. The lowest BCUT2D eigenvalue weighted by molar-refractivity contribution is -0.136. The van der Waals surface area contributed by atoms with Crippen LogP contribution in [0.25, 0.3) is 0 Å². The summed E-state index contributed by atoms with van der Waals surface area (Å²) in [6.07, 6.45) is -0.0459. The van der Waals surface area contributed by atoms with Gasteiger partial charge in [-0.1, -0.05) is 24.3 Å². The molecule has 0 bridgehead atoms. The SMILES string of the molecule is COc1ccccc1NC(=O)C(=O)NN=C(C)CC(=O)Nc1ccccc1Br. The smallest absolute Gasteiger partial charge is 0.329 e. The number of benzene rings is 2. The third-order valence-corrected chi connectivity index (χ3v) is 4.17. The van der Waals surface area contributed by atoms with E-state index < -0.39 is 11.8 Å². The Morgan fingerprint density at radius 2 is 1.61 bits per heavy atom. The Kier molecular flexibility index (Phi) is 7.70. The van der Waals surface area contributed by atoms with Crippen LogP contribution in [0.5, 0.6) is 5.75 Å². The van der Waals surface area contributed by atoms with Crippen molar-refractivity contribution < 1.29 is 19.1 Å². The van der Waals surface area contributed by atoms with Crippen molar-refractivity contribution in [3.05, 3.63) is 53.0 Å². The fraction of sp³-hybridized carbons (Fsp3) is 0.158. The standard InChI is InChI=1S/C19H19BrN4O4/c1-12(11-17(25)21-14-8-4-3-7-13(14)20)23-24-19(27)18(26)22-15-9-5-6-10-16(15)28-2/h3-10H,11H2,1-2H3,(H,21,25)(H,22,26)(H,24,27). The molecule has 146 valence electrons. The van der Waals surface area contributed by atoms with E-state index in [1.165, 1.54) is 7.11 Å². The van der Waals surface area contributed by atoms with Gasteiger partial charge in [-0.2, -0.15) is 5.10 Å². The van der Waals surface area contributed by atoms with Crippen molar-refractivity contribution in [2.45, 2.75) is 13.3 Å². The summed E-state index contributed by atoms with van der Waals surface area (Å²) in [5.74, 6) is -1.75. The van der Waals surface area contributed by atoms with E-state index in [0.717, 1.165) is 4.47 Å². The van der Waals surface area contributed by atoms with Gasteiger partial charge < -0.3 is 15.4 Å². The molecule has 3 N–H and O–H groups in total. The molecular weight excluding hydrogens is 428 g/mol. The zero-order chi connectivity index (χ0) is 20.5. The highest BCUT2D eigenvalue weighted by Crippen LogP contribution is 2.23. The molecule has 2 aromatic rings. The molecule has 0 saturated heterocycles. The van der Waals surface area contributed by atoms with E-state index in [0.29, 0.717) is 22.8 Å². The van der Waals surface area contributed by atoms with E-state index in [1.807, 2.05) is 6.07 Å². The van der Waals surface area contributed by atoms with Gasteiger partial charge >= 0.3 is 11.8 Å². The maximum atomic E-state index is 12.0. The lowest BCUT2D eigenvalue weighted by Crippen LogP contribution is -2.33. The maximum Gasteiger partial charge on any atom is 0.329 e. The second kappa shape index (κ2) is 10.2. The average molecular weight is 447 g/mol. The monoisotopic (exact) mass is 446 g/mol. The summed E-state index contributed by atoms with van der Waals surface area (Å²) >= 11 is 3.34. The fourth-order valence-corrected chi connectivity index (χ4v) is 2.54. The Bertz CT molecular complexity index is 914. The molecule has 8 nitrogen and oxygen atoms in total. The third-order valence-electron chi connectivity index (χ3n) is 3.47. The van der Waals surface area contributed by atoms with Crippen LogP contribution in [-0.4, -0.2) is 30.5 Å². The van der Waals surface area contributed by atoms with Crippen LogP contribution in [0.15, 0.2) is 58.1 Å². The molecule has 0 radical (unpaired) electrons. The molecular formula is C19H19BrN4O4. The highest BCUT2D eigenvalue weighted by molar-refractivity contribution is 9.10. The molecule has 0 saturated carbocycles. The highest BCUT2D eigenvalue weighted by atomic mass is 79.9. The number of hydrogen-bond acceptors (Lipinski definition) is 5. The van der Waals surface area contributed by atoms with E-state index in [2.05, 4.69) is 37.1 Å². The van der Waals surface area contributed by atoms with Crippen LogP contribution in [0.4, 0.5) is 11.4 Å². The molecule has 9 heteroatoms. The summed E-state index contributed by atoms with van der Waals surface area (Å²) in [6.45, 7) is 1.57. The minimum Gasteiger partial charge on any atom is -0.495 e. The number of nitrogens with zero attached hydrogens (tertiary/aromatic N) is 1. The molecule has 3 amide bonds. The van der Waals surface area contributed by atoms with Crippen LogP contribution in [0.3, 0.4) is 0 Å². The number of carbonyl (C=O) groups is 3. The third kappa shape index (κ3) is 6.20. The van der Waals surface area contributed by atoms with Crippen molar-refractivity contribution in [3.63, 3.8) is 0 Å². The number of anilines is 2. The lowest BCUT2D eigenvalue weighted by atomic mass is 10.2. The quantitative estimate of drug-likeness (QED) is 0.360. The van der Waals surface area contributed by atoms with Crippen molar-refractivity contribution in [3.8, 4) is 5.75 Å². The summed E-state index contributed by atoms with van der Waals surface area (Å²) < 4.78 is 5.85. The van der Waals surface area contributed by atoms with Crippen LogP contribution < -0.4 is 20.8 Å². The highest BCUT2D eigenvalue weighted by Gasteiger charge is 2.15. The molecule has 28 heavy (non-hydrogen) atoms. The zero-order valence-corrected chi connectivity index (χ0v) is 16.9. The van der Waals surface area contributed by atoms with Gasteiger partial charge in [-0.05, 0) is 47.1 Å². The Hall–Kier alpha value is -3.20. The number of nitrogens with one attached hydrogen (secondary N) is 3. The molecule has 0 aliphatic carbocycles. The first-order valence-electron chi connectivity index (χ1n) is 8.22. The van der Waals surface area contributed by atoms with Crippen molar-refractivity contribution in [1.82, 2.24) is 5.43 Å². The van der Waals surface area contributed by atoms with Gasteiger partial charge in [-0.25, -0.2) is 5.43 Å². The molecule has 0 atom stereocenters. The number of hydrazone groups is 1. The number of amides is 3. The van der Waals surface area contributed by atoms with Crippen molar-refractivity contribution >= 4 is 50.7 Å². The first-order chi connectivity index (χ1) is 13.4. The first kappa shape index (κ1) is 21.1. The molecule has 2 rings (SSSR count). The molecule has 0 aliphatic rings. The molecule has 2 aromatic carbocycles. The van der Waals surface area contributed by atoms with Gasteiger partial charge in [0, 0.05) is 10.2 Å². The van der Waals surface area contributed by atoms with Crippen molar-refractivity contribution in [2.75, 3.05) is 17.7 Å². The van der Waals surface area contributed by atoms with Gasteiger partial charge in [-0.15, -0.1) is 0 Å². The second-order valence-electron chi connectivity index (χ2n) is 5.65. The number of hydrogen-bond donors (Lipinski definition) is 3. The van der Waals surface area contributed by atoms with E-state index >= 15 is 0 Å². The Balaban J connectivity index is 1.87. The van der Waals surface area contributed by atoms with E-state index in [9.17, 15) is 14.4 Å². The van der Waals surface area contributed by atoms with Crippen LogP contribution in [0, 0.1) is 0 Å². The number of rotatable bonds is 6. The van der Waals surface area contributed by atoms with Crippen molar-refractivity contribution in [1.29, 1.82) is 0 Å². The van der Waals surface area contributed by atoms with Crippen LogP contribution in [0.2, 0.25) is 0 Å². The summed E-state index contributed by atoms with van der Waals surface area (Å²) in [7, 11) is 1.46. The minimum absolute atomic E-state index is 0.0459. The molecule has 0 aliphatic heterocycles. The topological polar surface area (TPSA) is 109 Å². The average Bonchev–Trinajstić information content (AvgIpc) is 2.68. The van der Waals surface area contributed by atoms with Crippen molar-refractivity contribution in [2.24, 2.45) is 5.10 Å². The van der Waals surface area contributed by atoms with Crippen LogP contribution in [-0.2, 0) is 14.4 Å². The Labute approximate surface area is 170 Å². The van der Waals surface area contributed by atoms with E-state index in [1.54, 1.807) is 49.4 Å². The van der Waals surface area contributed by atoms with Gasteiger partial charge in [-0.3, -0.25) is 14.4 Å². The number of ether oxygens (including phenoxy) is 1. The molecule has 0 fully saturated rings. The number of methoxy groups -OCH3 is 1.